The van der Waals surface area contributed by atoms with Gasteiger partial charge in [-0.2, -0.15) is 0 Å². The van der Waals surface area contributed by atoms with Crippen molar-refractivity contribution in [1.29, 1.82) is 0 Å². The molecule has 164 valence electrons. The van der Waals surface area contributed by atoms with E-state index in [0.717, 1.165) is 11.1 Å². The van der Waals surface area contributed by atoms with Crippen molar-refractivity contribution < 1.29 is 19.4 Å². The number of aliphatic hydroxyl groups is 1. The van der Waals surface area contributed by atoms with E-state index < -0.39 is 17.7 Å². The zero-order chi connectivity index (χ0) is 22.7. The van der Waals surface area contributed by atoms with Gasteiger partial charge in [0.1, 0.15) is 5.75 Å². The van der Waals surface area contributed by atoms with Gasteiger partial charge in [0, 0.05) is 12.1 Å². The number of aliphatic hydroxyl groups excluding tert-OH is 1. The molecule has 0 fully saturated rings. The summed E-state index contributed by atoms with van der Waals surface area (Å²) in [5, 5.41) is 10.7. The average molecular weight is 422 g/mol. The summed E-state index contributed by atoms with van der Waals surface area (Å²) in [6.45, 7) is 10.6. The Morgan fingerprint density at radius 1 is 1.03 bits per heavy atom. The number of rotatable bonds is 8. The smallest absolute Gasteiger partial charge is 0.294 e. The van der Waals surface area contributed by atoms with Crippen LogP contribution in [0, 0.1) is 5.92 Å². The molecule has 31 heavy (non-hydrogen) atoms. The number of anilines is 1. The van der Waals surface area contributed by atoms with Gasteiger partial charge in [0.25, 0.3) is 5.91 Å². The lowest BCUT2D eigenvalue weighted by Crippen LogP contribution is -2.31. The van der Waals surface area contributed by atoms with Gasteiger partial charge >= 0.3 is 0 Å². The number of nitrogens with zero attached hydrogens (tertiary/aromatic N) is 1. The molecule has 0 spiro atoms. The van der Waals surface area contributed by atoms with E-state index in [-0.39, 0.29) is 23.7 Å². The third-order valence-corrected chi connectivity index (χ3v) is 5.45. The minimum Gasteiger partial charge on any atom is -0.503 e. The van der Waals surface area contributed by atoms with Gasteiger partial charge in [-0.15, -0.1) is 0 Å². The van der Waals surface area contributed by atoms with Gasteiger partial charge in [-0.25, -0.2) is 0 Å². The van der Waals surface area contributed by atoms with Gasteiger partial charge in [0.05, 0.1) is 18.2 Å². The van der Waals surface area contributed by atoms with E-state index in [1.54, 1.807) is 0 Å². The lowest BCUT2D eigenvalue weighted by Gasteiger charge is -2.27. The molecule has 2 aromatic carbocycles. The Hall–Kier alpha value is -3.08. The number of hydrogen-bond acceptors (Lipinski definition) is 4. The van der Waals surface area contributed by atoms with E-state index in [4.69, 9.17) is 4.74 Å². The Bertz CT molecular complexity index is 971. The molecule has 1 atom stereocenters. The Morgan fingerprint density at radius 2 is 1.65 bits per heavy atom. The van der Waals surface area contributed by atoms with Crippen LogP contribution in [-0.2, 0) is 9.59 Å². The van der Waals surface area contributed by atoms with Crippen LogP contribution in [0.2, 0.25) is 0 Å². The lowest BCUT2D eigenvalue weighted by molar-refractivity contribution is -0.118. The minimum atomic E-state index is -0.681. The highest BCUT2D eigenvalue weighted by atomic mass is 16.5. The number of Topliss-reactive ketones (excluding diaryl/α,β-unsaturated/α-hetero) is 1. The molecular formula is C26H31NO4. The second kappa shape index (κ2) is 9.38. The SMILES string of the molecule is CCOc1ccc(C2C(C(=O)CC(C)C)=C(O)C(=O)N2c2ccc(C(C)C)cc2)cc1. The predicted octanol–water partition coefficient (Wildman–Crippen LogP) is 5.72. The molecule has 3 rings (SSSR count). The number of ketones is 1. The highest BCUT2D eigenvalue weighted by Gasteiger charge is 2.44. The number of ether oxygens (including phenoxy) is 1. The third-order valence-electron chi connectivity index (χ3n) is 5.45. The van der Waals surface area contributed by atoms with E-state index >= 15 is 0 Å². The highest BCUT2D eigenvalue weighted by molar-refractivity contribution is 6.16. The van der Waals surface area contributed by atoms with E-state index in [1.807, 2.05) is 69.3 Å². The first-order chi connectivity index (χ1) is 14.7. The molecule has 0 saturated carbocycles. The normalized spacial score (nSPS) is 16.5. The second-order valence-corrected chi connectivity index (χ2v) is 8.61. The van der Waals surface area contributed by atoms with Crippen LogP contribution in [0.3, 0.4) is 0 Å². The Labute approximate surface area is 184 Å². The first-order valence-electron chi connectivity index (χ1n) is 10.9. The van der Waals surface area contributed by atoms with Crippen molar-refractivity contribution in [1.82, 2.24) is 0 Å². The van der Waals surface area contributed by atoms with E-state index in [1.165, 1.54) is 4.90 Å². The molecule has 1 N–H and O–H groups in total. The van der Waals surface area contributed by atoms with Crippen LogP contribution in [0.25, 0.3) is 0 Å². The Morgan fingerprint density at radius 3 is 2.16 bits per heavy atom. The fourth-order valence-corrected chi connectivity index (χ4v) is 3.89. The fraction of sp³-hybridized carbons (Fsp3) is 0.385. The zero-order valence-electron chi connectivity index (χ0n) is 18.9. The predicted molar refractivity (Wildman–Crippen MR) is 122 cm³/mol. The van der Waals surface area contributed by atoms with Crippen LogP contribution in [0.1, 0.15) is 64.1 Å². The van der Waals surface area contributed by atoms with Crippen molar-refractivity contribution in [2.24, 2.45) is 5.92 Å². The van der Waals surface area contributed by atoms with Crippen LogP contribution in [0.15, 0.2) is 59.9 Å². The zero-order valence-corrected chi connectivity index (χ0v) is 18.9. The van der Waals surface area contributed by atoms with E-state index in [9.17, 15) is 14.7 Å². The van der Waals surface area contributed by atoms with Crippen molar-refractivity contribution >= 4 is 17.4 Å². The maximum atomic E-state index is 13.1. The highest BCUT2D eigenvalue weighted by Crippen LogP contribution is 2.42. The first kappa shape index (κ1) is 22.6. The molecule has 2 aromatic rings. The van der Waals surface area contributed by atoms with Crippen LogP contribution < -0.4 is 9.64 Å². The molecular weight excluding hydrogens is 390 g/mol. The van der Waals surface area contributed by atoms with Gasteiger partial charge in [0.2, 0.25) is 0 Å². The van der Waals surface area contributed by atoms with Crippen LogP contribution in [-0.4, -0.2) is 23.4 Å². The number of amides is 1. The standard InChI is InChI=1S/C26H31NO4/c1-6-31-21-13-9-19(10-14-21)24-23(22(28)15-16(2)3)25(29)26(30)27(24)20-11-7-18(8-12-20)17(4)5/h7-14,16-17,24,29H,6,15H2,1-5H3. The van der Waals surface area contributed by atoms with Crippen molar-refractivity contribution in [2.75, 3.05) is 11.5 Å². The quantitative estimate of drug-likeness (QED) is 0.592. The molecule has 1 amide bonds. The van der Waals surface area contributed by atoms with Gasteiger partial charge < -0.3 is 9.84 Å². The molecule has 1 heterocycles. The molecule has 0 saturated heterocycles. The first-order valence-corrected chi connectivity index (χ1v) is 10.9. The second-order valence-electron chi connectivity index (χ2n) is 8.61. The Balaban J connectivity index is 2.08. The van der Waals surface area contributed by atoms with Gasteiger partial charge in [0.15, 0.2) is 11.5 Å². The number of benzene rings is 2. The van der Waals surface area contributed by atoms with Crippen molar-refractivity contribution in [3.8, 4) is 5.75 Å². The fourth-order valence-electron chi connectivity index (χ4n) is 3.89. The summed E-state index contributed by atoms with van der Waals surface area (Å²) in [7, 11) is 0. The third kappa shape index (κ3) is 4.66. The van der Waals surface area contributed by atoms with E-state index in [2.05, 4.69) is 13.8 Å². The lowest BCUT2D eigenvalue weighted by atomic mass is 9.92. The summed E-state index contributed by atoms with van der Waals surface area (Å²) in [5.74, 6) is -0.0309. The summed E-state index contributed by atoms with van der Waals surface area (Å²) in [6.07, 6.45) is 0.264. The molecule has 1 aliphatic rings. The van der Waals surface area contributed by atoms with Gasteiger partial charge in [-0.05, 0) is 54.2 Å². The molecule has 0 bridgehead atoms. The topological polar surface area (TPSA) is 66.8 Å². The van der Waals surface area contributed by atoms with Crippen molar-refractivity contribution in [3.63, 3.8) is 0 Å². The maximum Gasteiger partial charge on any atom is 0.294 e. The van der Waals surface area contributed by atoms with Crippen LogP contribution in [0.5, 0.6) is 5.75 Å². The molecule has 0 radical (unpaired) electrons. The molecule has 1 unspecified atom stereocenters. The molecule has 5 heteroatoms. The van der Waals surface area contributed by atoms with Gasteiger partial charge in [-0.1, -0.05) is 52.0 Å². The largest absolute Gasteiger partial charge is 0.503 e. The van der Waals surface area contributed by atoms with Crippen molar-refractivity contribution in [3.05, 3.63) is 71.0 Å². The molecule has 0 aliphatic carbocycles. The van der Waals surface area contributed by atoms with Crippen LogP contribution in [0.4, 0.5) is 5.69 Å². The number of carbonyl (C=O) groups is 2. The summed E-state index contributed by atoms with van der Waals surface area (Å²) in [5.41, 5.74) is 2.71. The van der Waals surface area contributed by atoms with Crippen LogP contribution >= 0.6 is 0 Å². The Kier molecular flexibility index (Phi) is 6.84. The molecule has 0 aromatic heterocycles. The maximum absolute atomic E-state index is 13.1. The minimum absolute atomic E-state index is 0.114. The van der Waals surface area contributed by atoms with Gasteiger partial charge in [-0.3, -0.25) is 14.5 Å². The van der Waals surface area contributed by atoms with E-state index in [0.29, 0.717) is 24.0 Å². The monoisotopic (exact) mass is 421 g/mol. The number of carbonyl (C=O) groups excluding carboxylic acids is 2. The average Bonchev–Trinajstić information content (AvgIpc) is 2.99. The van der Waals surface area contributed by atoms with Crippen molar-refractivity contribution in [2.45, 2.75) is 53.0 Å². The summed E-state index contributed by atoms with van der Waals surface area (Å²) >= 11 is 0. The summed E-state index contributed by atoms with van der Waals surface area (Å²) in [4.78, 5) is 27.7. The number of hydrogen-bond donors (Lipinski definition) is 1. The summed E-state index contributed by atoms with van der Waals surface area (Å²) in [6, 6.07) is 14.4. The molecule has 1 aliphatic heterocycles. The summed E-state index contributed by atoms with van der Waals surface area (Å²) < 4.78 is 5.53. The molecule has 5 nitrogen and oxygen atoms in total.